The first-order valence-electron chi connectivity index (χ1n) is 4.95. The number of hydrogen-bond acceptors (Lipinski definition) is 3. The van der Waals surface area contributed by atoms with Gasteiger partial charge >= 0.3 is 0 Å². The lowest BCUT2D eigenvalue weighted by molar-refractivity contribution is 0.630. The number of thioether (sulfide) groups is 1. The zero-order valence-electron chi connectivity index (χ0n) is 9.09. The molecule has 0 radical (unpaired) electrons. The SMILES string of the molecule is CSC(C)CCNc1ccc(N)cc1F. The van der Waals surface area contributed by atoms with Crippen LogP contribution in [-0.2, 0) is 0 Å². The fourth-order valence-corrected chi connectivity index (χ4v) is 1.56. The molecule has 0 saturated heterocycles. The molecule has 0 saturated carbocycles. The van der Waals surface area contributed by atoms with E-state index in [2.05, 4.69) is 18.5 Å². The molecule has 3 N–H and O–H groups in total. The maximum Gasteiger partial charge on any atom is 0.148 e. The van der Waals surface area contributed by atoms with Crippen LogP contribution in [0.15, 0.2) is 18.2 Å². The minimum atomic E-state index is -0.285. The van der Waals surface area contributed by atoms with E-state index in [0.717, 1.165) is 13.0 Å². The summed E-state index contributed by atoms with van der Waals surface area (Å²) in [6, 6.07) is 4.71. The number of benzene rings is 1. The molecule has 1 unspecified atom stereocenters. The van der Waals surface area contributed by atoms with Crippen molar-refractivity contribution in [3.8, 4) is 0 Å². The van der Waals surface area contributed by atoms with E-state index in [1.54, 1.807) is 12.1 Å². The van der Waals surface area contributed by atoms with Crippen LogP contribution in [-0.4, -0.2) is 18.1 Å². The van der Waals surface area contributed by atoms with Crippen LogP contribution in [0.1, 0.15) is 13.3 Å². The molecule has 1 atom stereocenters. The second-order valence-electron chi connectivity index (χ2n) is 3.50. The highest BCUT2D eigenvalue weighted by Gasteiger charge is 2.03. The molecule has 84 valence electrons. The lowest BCUT2D eigenvalue weighted by Gasteiger charge is -2.11. The lowest BCUT2D eigenvalue weighted by atomic mass is 10.2. The standard InChI is InChI=1S/C11H17FN2S/c1-8(15-2)5-6-14-11-4-3-9(13)7-10(11)12/h3-4,7-8,14H,5-6,13H2,1-2H3. The smallest absolute Gasteiger partial charge is 0.148 e. The third-order valence-corrected chi connectivity index (χ3v) is 3.30. The molecule has 0 spiro atoms. The fourth-order valence-electron chi connectivity index (χ4n) is 1.20. The van der Waals surface area contributed by atoms with Gasteiger partial charge in [-0.1, -0.05) is 6.92 Å². The Kier molecular flexibility index (Phi) is 4.75. The number of hydrogen-bond donors (Lipinski definition) is 2. The number of nitrogen functional groups attached to an aromatic ring is 1. The quantitative estimate of drug-likeness (QED) is 0.761. The van der Waals surface area contributed by atoms with Crippen LogP contribution in [0.5, 0.6) is 0 Å². The van der Waals surface area contributed by atoms with Crippen LogP contribution in [0, 0.1) is 5.82 Å². The summed E-state index contributed by atoms with van der Waals surface area (Å²) in [5.41, 5.74) is 6.43. The second-order valence-corrected chi connectivity index (χ2v) is 4.78. The van der Waals surface area contributed by atoms with Crippen LogP contribution in [0.3, 0.4) is 0 Å². The molecule has 0 fully saturated rings. The Labute approximate surface area is 94.4 Å². The largest absolute Gasteiger partial charge is 0.399 e. The molecule has 1 rings (SSSR count). The van der Waals surface area contributed by atoms with Crippen molar-refractivity contribution in [1.29, 1.82) is 0 Å². The molecular weight excluding hydrogens is 211 g/mol. The summed E-state index contributed by atoms with van der Waals surface area (Å²) >= 11 is 1.81. The normalized spacial score (nSPS) is 12.5. The molecule has 0 aliphatic rings. The maximum absolute atomic E-state index is 13.3. The minimum absolute atomic E-state index is 0.285. The number of rotatable bonds is 5. The summed E-state index contributed by atoms with van der Waals surface area (Å²) in [5.74, 6) is -0.285. The predicted molar refractivity (Wildman–Crippen MR) is 66.9 cm³/mol. The van der Waals surface area contributed by atoms with Crippen LogP contribution in [0.2, 0.25) is 0 Å². The Morgan fingerprint density at radius 1 is 1.53 bits per heavy atom. The lowest BCUT2D eigenvalue weighted by Crippen LogP contribution is -2.08. The molecular formula is C11H17FN2S. The van der Waals surface area contributed by atoms with Crippen molar-refractivity contribution in [2.24, 2.45) is 0 Å². The summed E-state index contributed by atoms with van der Waals surface area (Å²) < 4.78 is 13.3. The zero-order chi connectivity index (χ0) is 11.3. The van der Waals surface area contributed by atoms with E-state index in [1.807, 2.05) is 11.8 Å². The average Bonchev–Trinajstić information content (AvgIpc) is 2.21. The highest BCUT2D eigenvalue weighted by Crippen LogP contribution is 2.17. The van der Waals surface area contributed by atoms with Crippen molar-refractivity contribution in [2.45, 2.75) is 18.6 Å². The highest BCUT2D eigenvalue weighted by molar-refractivity contribution is 7.99. The van der Waals surface area contributed by atoms with Crippen LogP contribution in [0.25, 0.3) is 0 Å². The molecule has 0 heterocycles. The fraction of sp³-hybridized carbons (Fsp3) is 0.455. The number of nitrogens with one attached hydrogen (secondary N) is 1. The van der Waals surface area contributed by atoms with Gasteiger partial charge in [-0.05, 0) is 30.9 Å². The Morgan fingerprint density at radius 3 is 2.87 bits per heavy atom. The average molecular weight is 228 g/mol. The summed E-state index contributed by atoms with van der Waals surface area (Å²) in [7, 11) is 0. The monoisotopic (exact) mass is 228 g/mol. The van der Waals surface area contributed by atoms with Crippen LogP contribution in [0.4, 0.5) is 15.8 Å². The summed E-state index contributed by atoms with van der Waals surface area (Å²) in [5, 5.41) is 3.65. The van der Waals surface area contributed by atoms with Gasteiger partial charge in [0.1, 0.15) is 5.82 Å². The van der Waals surface area contributed by atoms with Crippen molar-refractivity contribution < 1.29 is 4.39 Å². The van der Waals surface area contributed by atoms with Crippen molar-refractivity contribution in [1.82, 2.24) is 0 Å². The molecule has 1 aromatic carbocycles. The molecule has 1 aromatic rings. The molecule has 4 heteroatoms. The summed E-state index contributed by atoms with van der Waals surface area (Å²) in [6.45, 7) is 2.94. The Morgan fingerprint density at radius 2 is 2.27 bits per heavy atom. The predicted octanol–water partition coefficient (Wildman–Crippen LogP) is 2.96. The van der Waals surface area contributed by atoms with Gasteiger partial charge in [0.05, 0.1) is 5.69 Å². The van der Waals surface area contributed by atoms with E-state index in [0.29, 0.717) is 16.6 Å². The molecule has 2 nitrogen and oxygen atoms in total. The van der Waals surface area contributed by atoms with Gasteiger partial charge in [0, 0.05) is 17.5 Å². The number of anilines is 2. The van der Waals surface area contributed by atoms with Gasteiger partial charge < -0.3 is 11.1 Å². The van der Waals surface area contributed by atoms with E-state index < -0.39 is 0 Å². The third-order valence-electron chi connectivity index (χ3n) is 2.26. The number of halogens is 1. The maximum atomic E-state index is 13.3. The van der Waals surface area contributed by atoms with E-state index in [4.69, 9.17) is 5.73 Å². The van der Waals surface area contributed by atoms with Gasteiger partial charge in [0.2, 0.25) is 0 Å². The van der Waals surface area contributed by atoms with E-state index in [1.165, 1.54) is 6.07 Å². The van der Waals surface area contributed by atoms with Crippen LogP contribution < -0.4 is 11.1 Å². The van der Waals surface area contributed by atoms with Crippen molar-refractivity contribution >= 4 is 23.1 Å². The second kappa shape index (κ2) is 5.85. The highest BCUT2D eigenvalue weighted by atomic mass is 32.2. The van der Waals surface area contributed by atoms with Crippen LogP contribution >= 0.6 is 11.8 Å². The topological polar surface area (TPSA) is 38.0 Å². The molecule has 15 heavy (non-hydrogen) atoms. The summed E-state index contributed by atoms with van der Waals surface area (Å²) in [6.07, 6.45) is 3.10. The minimum Gasteiger partial charge on any atom is -0.399 e. The van der Waals surface area contributed by atoms with Crippen molar-refractivity contribution in [2.75, 3.05) is 23.9 Å². The summed E-state index contributed by atoms with van der Waals surface area (Å²) in [4.78, 5) is 0. The Balaban J connectivity index is 2.44. The van der Waals surface area contributed by atoms with E-state index in [-0.39, 0.29) is 5.82 Å². The van der Waals surface area contributed by atoms with Gasteiger partial charge in [-0.3, -0.25) is 0 Å². The van der Waals surface area contributed by atoms with E-state index >= 15 is 0 Å². The third kappa shape index (κ3) is 4.00. The molecule has 0 aliphatic heterocycles. The van der Waals surface area contributed by atoms with Crippen molar-refractivity contribution in [3.63, 3.8) is 0 Å². The van der Waals surface area contributed by atoms with Gasteiger partial charge in [-0.15, -0.1) is 0 Å². The first-order chi connectivity index (χ1) is 7.13. The van der Waals surface area contributed by atoms with Gasteiger partial charge in [-0.2, -0.15) is 11.8 Å². The first-order valence-corrected chi connectivity index (χ1v) is 6.24. The van der Waals surface area contributed by atoms with E-state index in [9.17, 15) is 4.39 Å². The molecule has 0 aliphatic carbocycles. The Hall–Kier alpha value is -0.900. The van der Waals surface area contributed by atoms with Crippen molar-refractivity contribution in [3.05, 3.63) is 24.0 Å². The zero-order valence-corrected chi connectivity index (χ0v) is 9.90. The van der Waals surface area contributed by atoms with Gasteiger partial charge in [0.15, 0.2) is 0 Å². The molecule has 0 amide bonds. The Bertz CT molecular complexity index is 317. The number of nitrogens with two attached hydrogens (primary N) is 1. The first kappa shape index (κ1) is 12.2. The van der Waals surface area contributed by atoms with Gasteiger partial charge in [0.25, 0.3) is 0 Å². The molecule has 0 aromatic heterocycles. The van der Waals surface area contributed by atoms with Gasteiger partial charge in [-0.25, -0.2) is 4.39 Å². The molecule has 0 bridgehead atoms.